The van der Waals surface area contributed by atoms with Crippen molar-refractivity contribution in [3.63, 3.8) is 0 Å². The Morgan fingerprint density at radius 3 is 2.77 bits per heavy atom. The van der Waals surface area contributed by atoms with E-state index in [0.717, 1.165) is 0 Å². The molecule has 2 fully saturated rings. The normalized spacial score (nSPS) is 27.6. The summed E-state index contributed by atoms with van der Waals surface area (Å²) in [7, 11) is 1.76. The van der Waals surface area contributed by atoms with Crippen molar-refractivity contribution in [2.75, 3.05) is 26.7 Å². The van der Waals surface area contributed by atoms with Gasteiger partial charge in [0.2, 0.25) is 5.91 Å². The number of ether oxygens (including phenoxy) is 1. The topological polar surface area (TPSA) is 49.9 Å². The summed E-state index contributed by atoms with van der Waals surface area (Å²) in [5.74, 6) is 0.151. The first-order valence-corrected chi connectivity index (χ1v) is 4.36. The highest BCUT2D eigenvalue weighted by atomic mass is 16.6. The summed E-state index contributed by atoms with van der Waals surface area (Å²) in [6, 6.07) is 0.193. The highest BCUT2D eigenvalue weighted by molar-refractivity contribution is 5.83. The fourth-order valence-corrected chi connectivity index (χ4v) is 1.61. The lowest BCUT2D eigenvalue weighted by atomic mass is 10.0. The summed E-state index contributed by atoms with van der Waals surface area (Å²) in [5, 5.41) is 0. The zero-order valence-electron chi connectivity index (χ0n) is 7.52. The molecule has 72 valence electrons. The van der Waals surface area contributed by atoms with E-state index in [0.29, 0.717) is 26.1 Å². The van der Waals surface area contributed by atoms with Crippen LogP contribution in [0.5, 0.6) is 0 Å². The molecule has 2 amide bonds. The number of carbonyl (C=O) groups excluding carboxylic acids is 2. The van der Waals surface area contributed by atoms with E-state index in [1.165, 1.54) is 0 Å². The van der Waals surface area contributed by atoms with Gasteiger partial charge in [-0.05, 0) is 0 Å². The Hall–Kier alpha value is -1.26. The van der Waals surface area contributed by atoms with E-state index in [1.54, 1.807) is 16.8 Å². The van der Waals surface area contributed by atoms with Crippen molar-refractivity contribution in [2.24, 2.45) is 0 Å². The van der Waals surface area contributed by atoms with Crippen molar-refractivity contribution in [3.8, 4) is 0 Å². The van der Waals surface area contributed by atoms with E-state index in [4.69, 9.17) is 4.74 Å². The minimum Gasteiger partial charge on any atom is -0.448 e. The molecule has 0 N–H and O–H groups in total. The molecule has 0 radical (unpaired) electrons. The van der Waals surface area contributed by atoms with Crippen LogP contribution in [-0.4, -0.2) is 54.6 Å². The number of likely N-dealkylation sites (N-methyl/N-ethyl adjacent to an activating group) is 1. The first-order valence-electron chi connectivity index (χ1n) is 4.36. The molecule has 2 aliphatic heterocycles. The molecule has 0 aromatic carbocycles. The fourth-order valence-electron chi connectivity index (χ4n) is 1.61. The molecule has 0 aromatic heterocycles. The molecule has 2 aliphatic rings. The van der Waals surface area contributed by atoms with E-state index < -0.39 is 0 Å². The quantitative estimate of drug-likeness (QED) is 0.552. The first kappa shape index (κ1) is 8.34. The summed E-state index contributed by atoms with van der Waals surface area (Å²) in [6.45, 7) is 1.74. The van der Waals surface area contributed by atoms with Crippen molar-refractivity contribution in [2.45, 2.75) is 12.5 Å². The van der Waals surface area contributed by atoms with Crippen LogP contribution in [0.3, 0.4) is 0 Å². The highest BCUT2D eigenvalue weighted by Gasteiger charge is 2.36. The average molecular weight is 184 g/mol. The summed E-state index contributed by atoms with van der Waals surface area (Å²) >= 11 is 0. The van der Waals surface area contributed by atoms with Crippen LogP contribution in [0, 0.1) is 0 Å². The minimum atomic E-state index is -0.257. The van der Waals surface area contributed by atoms with Gasteiger partial charge in [-0.3, -0.25) is 4.79 Å². The smallest absolute Gasteiger partial charge is 0.410 e. The minimum absolute atomic E-state index is 0.151. The van der Waals surface area contributed by atoms with Gasteiger partial charge >= 0.3 is 6.09 Å². The van der Waals surface area contributed by atoms with Crippen LogP contribution in [0.1, 0.15) is 6.42 Å². The van der Waals surface area contributed by atoms with Crippen LogP contribution in [0.2, 0.25) is 0 Å². The molecule has 1 atom stereocenters. The van der Waals surface area contributed by atoms with Gasteiger partial charge in [-0.15, -0.1) is 0 Å². The van der Waals surface area contributed by atoms with Gasteiger partial charge in [0.15, 0.2) is 0 Å². The number of nitrogens with zero attached hydrogens (tertiary/aromatic N) is 2. The van der Waals surface area contributed by atoms with E-state index in [2.05, 4.69) is 0 Å². The fraction of sp³-hybridized carbons (Fsp3) is 0.750. The number of carbonyl (C=O) groups is 2. The third kappa shape index (κ3) is 1.34. The molecule has 0 saturated carbocycles. The van der Waals surface area contributed by atoms with Crippen LogP contribution in [0.4, 0.5) is 4.79 Å². The molecule has 5 heteroatoms. The molecule has 13 heavy (non-hydrogen) atoms. The molecule has 2 heterocycles. The number of hydrogen-bond acceptors (Lipinski definition) is 3. The molecule has 0 aromatic rings. The van der Waals surface area contributed by atoms with Crippen LogP contribution in [0.15, 0.2) is 0 Å². The van der Waals surface area contributed by atoms with E-state index in [9.17, 15) is 9.59 Å². The zero-order chi connectivity index (χ0) is 9.42. The Morgan fingerprint density at radius 1 is 1.54 bits per heavy atom. The maximum Gasteiger partial charge on any atom is 0.410 e. The van der Waals surface area contributed by atoms with Crippen LogP contribution in [0.25, 0.3) is 0 Å². The van der Waals surface area contributed by atoms with Gasteiger partial charge in [0.05, 0.1) is 12.6 Å². The summed E-state index contributed by atoms with van der Waals surface area (Å²) in [5.41, 5.74) is 0. The number of hydrogen-bond donors (Lipinski definition) is 0. The van der Waals surface area contributed by atoms with Crippen LogP contribution in [-0.2, 0) is 9.53 Å². The summed E-state index contributed by atoms with van der Waals surface area (Å²) < 4.78 is 4.78. The van der Waals surface area contributed by atoms with Crippen molar-refractivity contribution in [1.29, 1.82) is 0 Å². The molecule has 1 unspecified atom stereocenters. The monoisotopic (exact) mass is 184 g/mol. The van der Waals surface area contributed by atoms with Crippen molar-refractivity contribution >= 4 is 12.0 Å². The summed E-state index contributed by atoms with van der Waals surface area (Å²) in [4.78, 5) is 25.2. The Morgan fingerprint density at radius 2 is 2.31 bits per heavy atom. The van der Waals surface area contributed by atoms with Crippen LogP contribution >= 0.6 is 0 Å². The molecular formula is C8H12N2O3. The Kier molecular flexibility index (Phi) is 1.86. The molecular weight excluding hydrogens is 172 g/mol. The number of rotatable bonds is 2. The number of β-lactam (4-membered cyclic amide) rings is 1. The SMILES string of the molecule is CN1C(=O)CC1CN1CCOC1=O. The maximum absolute atomic E-state index is 11.0. The van der Waals surface area contributed by atoms with Gasteiger partial charge < -0.3 is 14.5 Å². The van der Waals surface area contributed by atoms with E-state index in [-0.39, 0.29) is 18.0 Å². The molecule has 0 spiro atoms. The predicted molar refractivity (Wildman–Crippen MR) is 44.1 cm³/mol. The van der Waals surface area contributed by atoms with Gasteiger partial charge in [-0.1, -0.05) is 0 Å². The third-order valence-electron chi connectivity index (χ3n) is 2.63. The number of amides is 2. The standard InChI is InChI=1S/C8H12N2O3/c1-9-6(4-7(9)11)5-10-2-3-13-8(10)12/h6H,2-5H2,1H3. The highest BCUT2D eigenvalue weighted by Crippen LogP contribution is 2.18. The van der Waals surface area contributed by atoms with Crippen LogP contribution < -0.4 is 0 Å². The average Bonchev–Trinajstić information content (AvgIpc) is 2.51. The van der Waals surface area contributed by atoms with Crippen molar-refractivity contribution in [3.05, 3.63) is 0 Å². The largest absolute Gasteiger partial charge is 0.448 e. The van der Waals surface area contributed by atoms with Crippen molar-refractivity contribution in [1.82, 2.24) is 9.80 Å². The van der Waals surface area contributed by atoms with Gasteiger partial charge in [-0.2, -0.15) is 0 Å². The second kappa shape index (κ2) is 2.90. The second-order valence-corrected chi connectivity index (χ2v) is 3.42. The molecule has 2 rings (SSSR count). The predicted octanol–water partition coefficient (Wildman–Crippen LogP) is -0.331. The molecule has 5 nitrogen and oxygen atoms in total. The molecule has 0 bridgehead atoms. The lowest BCUT2D eigenvalue weighted by Gasteiger charge is -2.38. The first-order chi connectivity index (χ1) is 6.18. The lowest BCUT2D eigenvalue weighted by Crippen LogP contribution is -2.55. The zero-order valence-corrected chi connectivity index (χ0v) is 7.52. The number of likely N-dealkylation sites (tertiary alicyclic amines) is 1. The van der Waals surface area contributed by atoms with E-state index >= 15 is 0 Å². The van der Waals surface area contributed by atoms with E-state index in [1.807, 2.05) is 0 Å². The third-order valence-corrected chi connectivity index (χ3v) is 2.63. The van der Waals surface area contributed by atoms with Crippen molar-refractivity contribution < 1.29 is 14.3 Å². The summed E-state index contributed by atoms with van der Waals surface area (Å²) in [6.07, 6.45) is 0.299. The Bertz CT molecular complexity index is 254. The molecule has 0 aliphatic carbocycles. The maximum atomic E-state index is 11.0. The van der Waals surface area contributed by atoms with Gasteiger partial charge in [0.25, 0.3) is 0 Å². The van der Waals surface area contributed by atoms with Gasteiger partial charge in [0.1, 0.15) is 6.61 Å². The Balaban J connectivity index is 1.85. The Labute approximate surface area is 76.2 Å². The van der Waals surface area contributed by atoms with Gasteiger partial charge in [0, 0.05) is 20.0 Å². The van der Waals surface area contributed by atoms with Gasteiger partial charge in [-0.25, -0.2) is 4.79 Å². The molecule has 2 saturated heterocycles. The number of cyclic esters (lactones) is 1. The second-order valence-electron chi connectivity index (χ2n) is 3.42. The lowest BCUT2D eigenvalue weighted by molar-refractivity contribution is -0.143.